The highest BCUT2D eigenvalue weighted by molar-refractivity contribution is 6.31. The van der Waals surface area contributed by atoms with Gasteiger partial charge in [0.1, 0.15) is 5.70 Å². The Morgan fingerprint density at radius 1 is 1.23 bits per heavy atom. The monoisotopic (exact) mass is 313 g/mol. The van der Waals surface area contributed by atoms with E-state index in [0.29, 0.717) is 10.7 Å². The molecule has 0 spiro atoms. The molecule has 0 saturated carbocycles. The number of hydrogen-bond acceptors (Lipinski definition) is 4. The molecule has 0 atom stereocenters. The number of nitro groups is 1. The SMILES string of the molecule is O=[N+]([O-])/C=C1\CN=C(c2ccccc2)c2cc(Cl)ccc2N1. The number of hydrogen-bond donors (Lipinski definition) is 1. The summed E-state index contributed by atoms with van der Waals surface area (Å²) in [4.78, 5) is 14.8. The molecule has 0 bridgehead atoms. The van der Waals surface area contributed by atoms with Crippen molar-refractivity contribution < 1.29 is 4.92 Å². The Hall–Kier alpha value is -2.66. The highest BCUT2D eigenvalue weighted by atomic mass is 35.5. The van der Waals surface area contributed by atoms with Crippen LogP contribution in [-0.4, -0.2) is 17.2 Å². The molecule has 1 aliphatic rings. The van der Waals surface area contributed by atoms with E-state index in [9.17, 15) is 10.1 Å². The summed E-state index contributed by atoms with van der Waals surface area (Å²) in [5, 5.41) is 14.4. The van der Waals surface area contributed by atoms with Crippen LogP contribution in [0.25, 0.3) is 0 Å². The summed E-state index contributed by atoms with van der Waals surface area (Å²) in [6.07, 6.45) is 0.940. The van der Waals surface area contributed by atoms with Crippen molar-refractivity contribution in [3.8, 4) is 0 Å². The van der Waals surface area contributed by atoms with Gasteiger partial charge in [-0.2, -0.15) is 0 Å². The van der Waals surface area contributed by atoms with E-state index in [0.717, 1.165) is 28.7 Å². The first kappa shape index (κ1) is 14.3. The first-order valence-corrected chi connectivity index (χ1v) is 7.02. The fourth-order valence-corrected chi connectivity index (χ4v) is 2.50. The highest BCUT2D eigenvalue weighted by Gasteiger charge is 2.18. The minimum Gasteiger partial charge on any atom is -0.352 e. The average molecular weight is 314 g/mol. The number of nitrogens with one attached hydrogen (secondary N) is 1. The zero-order valence-corrected chi connectivity index (χ0v) is 12.2. The number of benzodiazepines with no additional fused rings is 1. The Kier molecular flexibility index (Phi) is 3.89. The van der Waals surface area contributed by atoms with Gasteiger partial charge in [0.2, 0.25) is 0 Å². The molecule has 0 aliphatic carbocycles. The van der Waals surface area contributed by atoms with Crippen molar-refractivity contribution in [3.63, 3.8) is 0 Å². The molecule has 3 rings (SSSR count). The average Bonchev–Trinajstić information content (AvgIpc) is 2.66. The van der Waals surface area contributed by atoms with E-state index in [1.54, 1.807) is 12.1 Å². The van der Waals surface area contributed by atoms with Gasteiger partial charge in [0.15, 0.2) is 0 Å². The van der Waals surface area contributed by atoms with Crippen molar-refractivity contribution in [2.75, 3.05) is 11.9 Å². The quantitative estimate of drug-likeness (QED) is 0.678. The van der Waals surface area contributed by atoms with Gasteiger partial charge >= 0.3 is 0 Å². The summed E-state index contributed by atoms with van der Waals surface area (Å²) >= 11 is 6.10. The first-order chi connectivity index (χ1) is 10.6. The lowest BCUT2D eigenvalue weighted by Crippen LogP contribution is -2.05. The van der Waals surface area contributed by atoms with Crippen molar-refractivity contribution in [2.24, 2.45) is 4.99 Å². The molecule has 0 unspecified atom stereocenters. The first-order valence-electron chi connectivity index (χ1n) is 6.64. The summed E-state index contributed by atoms with van der Waals surface area (Å²) in [5.41, 5.74) is 3.70. The van der Waals surface area contributed by atoms with E-state index in [-0.39, 0.29) is 6.54 Å². The minimum absolute atomic E-state index is 0.206. The molecule has 1 N–H and O–H groups in total. The Labute approximate surface area is 132 Å². The van der Waals surface area contributed by atoms with Crippen LogP contribution in [-0.2, 0) is 0 Å². The second kappa shape index (κ2) is 5.99. The van der Waals surface area contributed by atoms with Crippen LogP contribution in [0.2, 0.25) is 5.02 Å². The van der Waals surface area contributed by atoms with Gasteiger partial charge < -0.3 is 5.32 Å². The Morgan fingerprint density at radius 3 is 2.73 bits per heavy atom. The zero-order chi connectivity index (χ0) is 15.5. The second-order valence-electron chi connectivity index (χ2n) is 4.79. The second-order valence-corrected chi connectivity index (χ2v) is 5.22. The number of benzene rings is 2. The van der Waals surface area contributed by atoms with E-state index in [1.807, 2.05) is 36.4 Å². The number of nitrogens with zero attached hydrogens (tertiary/aromatic N) is 2. The number of halogens is 1. The molecule has 0 radical (unpaired) electrons. The number of anilines is 1. The molecule has 0 saturated heterocycles. The number of rotatable bonds is 2. The lowest BCUT2D eigenvalue weighted by atomic mass is 10.0. The largest absolute Gasteiger partial charge is 0.352 e. The van der Waals surface area contributed by atoms with Crippen LogP contribution in [0, 0.1) is 10.1 Å². The fraction of sp³-hybridized carbons (Fsp3) is 0.0625. The van der Waals surface area contributed by atoms with Gasteiger partial charge in [-0.25, -0.2) is 0 Å². The summed E-state index contributed by atoms with van der Waals surface area (Å²) in [6, 6.07) is 15.0. The van der Waals surface area contributed by atoms with Crippen molar-refractivity contribution in [3.05, 3.63) is 86.7 Å². The molecular formula is C16H12ClN3O2. The fourth-order valence-electron chi connectivity index (χ4n) is 2.33. The van der Waals surface area contributed by atoms with Crippen LogP contribution in [0.15, 0.2) is 65.4 Å². The van der Waals surface area contributed by atoms with Crippen molar-refractivity contribution in [2.45, 2.75) is 0 Å². The third-order valence-electron chi connectivity index (χ3n) is 3.25. The van der Waals surface area contributed by atoms with Crippen LogP contribution in [0.5, 0.6) is 0 Å². The normalized spacial score (nSPS) is 15.5. The molecule has 1 heterocycles. The zero-order valence-electron chi connectivity index (χ0n) is 11.5. The summed E-state index contributed by atoms with van der Waals surface area (Å²) < 4.78 is 0. The molecule has 1 aliphatic heterocycles. The van der Waals surface area contributed by atoms with Crippen molar-refractivity contribution in [1.82, 2.24) is 0 Å². The topological polar surface area (TPSA) is 67.5 Å². The molecule has 2 aromatic carbocycles. The molecule has 6 heteroatoms. The molecule has 5 nitrogen and oxygen atoms in total. The van der Waals surface area contributed by atoms with Crippen LogP contribution >= 0.6 is 11.6 Å². The van der Waals surface area contributed by atoms with Gasteiger partial charge in [0.25, 0.3) is 6.20 Å². The van der Waals surface area contributed by atoms with Crippen LogP contribution in [0.1, 0.15) is 11.1 Å². The van der Waals surface area contributed by atoms with Gasteiger partial charge in [0, 0.05) is 21.8 Å². The summed E-state index contributed by atoms with van der Waals surface area (Å²) in [7, 11) is 0. The predicted octanol–water partition coefficient (Wildman–Crippen LogP) is 3.72. The molecule has 2 aromatic rings. The number of aliphatic imine (C=N–C) groups is 1. The maximum Gasteiger partial charge on any atom is 0.255 e. The summed E-state index contributed by atoms with van der Waals surface area (Å²) in [6.45, 7) is 0.206. The maximum atomic E-state index is 10.7. The Morgan fingerprint density at radius 2 is 2.00 bits per heavy atom. The third kappa shape index (κ3) is 2.99. The van der Waals surface area contributed by atoms with Crippen LogP contribution in [0.4, 0.5) is 5.69 Å². The standard InChI is InChI=1S/C16H12ClN3O2/c17-12-6-7-15-14(8-12)16(11-4-2-1-3-5-11)18-9-13(19-15)10-20(21)22/h1-8,10,19H,9H2/b13-10+. The van der Waals surface area contributed by atoms with Crippen molar-refractivity contribution in [1.29, 1.82) is 0 Å². The van der Waals surface area contributed by atoms with Gasteiger partial charge in [0.05, 0.1) is 17.2 Å². The predicted molar refractivity (Wildman–Crippen MR) is 87.1 cm³/mol. The van der Waals surface area contributed by atoms with Gasteiger partial charge in [-0.3, -0.25) is 15.1 Å². The third-order valence-corrected chi connectivity index (χ3v) is 3.48. The molecule has 110 valence electrons. The van der Waals surface area contributed by atoms with Crippen molar-refractivity contribution >= 4 is 23.0 Å². The lowest BCUT2D eigenvalue weighted by molar-refractivity contribution is -0.403. The van der Waals surface area contributed by atoms with E-state index in [4.69, 9.17) is 11.6 Å². The van der Waals surface area contributed by atoms with Crippen LogP contribution < -0.4 is 5.32 Å². The van der Waals surface area contributed by atoms with Gasteiger partial charge in [-0.1, -0.05) is 41.9 Å². The van der Waals surface area contributed by atoms with E-state index in [1.165, 1.54) is 0 Å². The molecule has 0 amide bonds. The van der Waals surface area contributed by atoms with E-state index >= 15 is 0 Å². The van der Waals surface area contributed by atoms with Gasteiger partial charge in [-0.15, -0.1) is 0 Å². The number of fused-ring (bicyclic) bond motifs is 1. The molecule has 22 heavy (non-hydrogen) atoms. The Balaban J connectivity index is 2.15. The molecule has 0 aromatic heterocycles. The Bertz CT molecular complexity index is 785. The van der Waals surface area contributed by atoms with Crippen LogP contribution in [0.3, 0.4) is 0 Å². The minimum atomic E-state index is -0.485. The maximum absolute atomic E-state index is 10.7. The van der Waals surface area contributed by atoms with E-state index < -0.39 is 4.92 Å². The molecular weight excluding hydrogens is 302 g/mol. The smallest absolute Gasteiger partial charge is 0.255 e. The lowest BCUT2D eigenvalue weighted by Gasteiger charge is -2.11. The molecule has 0 fully saturated rings. The summed E-state index contributed by atoms with van der Waals surface area (Å²) in [5.74, 6) is 0. The van der Waals surface area contributed by atoms with Gasteiger partial charge in [-0.05, 0) is 18.2 Å². The highest BCUT2D eigenvalue weighted by Crippen LogP contribution is 2.27. The van der Waals surface area contributed by atoms with E-state index in [2.05, 4.69) is 10.3 Å².